The molecule has 6 nitrogen and oxygen atoms in total. The van der Waals surface area contributed by atoms with Gasteiger partial charge >= 0.3 is 0 Å². The van der Waals surface area contributed by atoms with Gasteiger partial charge in [0.05, 0.1) is 23.9 Å². The molecule has 1 fully saturated rings. The third-order valence-electron chi connectivity index (χ3n) is 4.83. The van der Waals surface area contributed by atoms with Gasteiger partial charge in [-0.1, -0.05) is 18.2 Å². The highest BCUT2D eigenvalue weighted by molar-refractivity contribution is 7.09. The van der Waals surface area contributed by atoms with Crippen molar-refractivity contribution < 1.29 is 9.53 Å². The standard InChI is InChI=1S/C20H22N4O2S/c1-13-23-17(12-27-13)14-9-16(22-10-14)20(25)24-8-7-21-11-18(24)15-5-3-4-6-19(15)26-2/h3-6,9-10,12,18,21-22H,7-8,11H2,1-2H3. The minimum Gasteiger partial charge on any atom is -0.496 e. The summed E-state index contributed by atoms with van der Waals surface area (Å²) in [5, 5.41) is 6.41. The number of hydrogen-bond donors (Lipinski definition) is 2. The monoisotopic (exact) mass is 382 g/mol. The number of para-hydroxylation sites is 1. The molecule has 0 spiro atoms. The van der Waals surface area contributed by atoms with Crippen LogP contribution >= 0.6 is 11.3 Å². The van der Waals surface area contributed by atoms with E-state index in [-0.39, 0.29) is 11.9 Å². The molecule has 1 aliphatic rings. The van der Waals surface area contributed by atoms with Crippen LogP contribution in [0.5, 0.6) is 5.75 Å². The molecule has 0 bridgehead atoms. The zero-order chi connectivity index (χ0) is 18.8. The molecule has 1 amide bonds. The number of carbonyl (C=O) groups excluding carboxylic acids is 1. The maximum atomic E-state index is 13.2. The number of nitrogens with zero attached hydrogens (tertiary/aromatic N) is 2. The summed E-state index contributed by atoms with van der Waals surface area (Å²) < 4.78 is 5.52. The van der Waals surface area contributed by atoms with Gasteiger partial charge in [-0.25, -0.2) is 4.98 Å². The number of H-pyrrole nitrogens is 1. The second kappa shape index (κ2) is 7.54. The molecule has 2 N–H and O–H groups in total. The van der Waals surface area contributed by atoms with E-state index < -0.39 is 0 Å². The number of aryl methyl sites for hydroxylation is 1. The molecule has 1 atom stereocenters. The molecule has 27 heavy (non-hydrogen) atoms. The Labute approximate surface area is 162 Å². The van der Waals surface area contributed by atoms with E-state index in [0.29, 0.717) is 18.8 Å². The van der Waals surface area contributed by atoms with Crippen molar-refractivity contribution in [1.82, 2.24) is 20.2 Å². The van der Waals surface area contributed by atoms with Gasteiger partial charge in [-0.05, 0) is 19.1 Å². The predicted molar refractivity (Wildman–Crippen MR) is 106 cm³/mol. The summed E-state index contributed by atoms with van der Waals surface area (Å²) >= 11 is 1.60. The average Bonchev–Trinajstić information content (AvgIpc) is 3.36. The Morgan fingerprint density at radius 3 is 3.00 bits per heavy atom. The SMILES string of the molecule is COc1ccccc1C1CNCCN1C(=O)c1cc(-c2csc(C)n2)c[nH]1. The molecule has 0 radical (unpaired) electrons. The highest BCUT2D eigenvalue weighted by atomic mass is 32.1. The number of aromatic nitrogens is 2. The molecular formula is C20H22N4O2S. The fourth-order valence-corrected chi connectivity index (χ4v) is 4.11. The molecule has 1 saturated heterocycles. The fourth-order valence-electron chi connectivity index (χ4n) is 3.48. The van der Waals surface area contributed by atoms with Crippen molar-refractivity contribution in [3.05, 3.63) is 58.2 Å². The maximum absolute atomic E-state index is 13.2. The first-order valence-electron chi connectivity index (χ1n) is 8.93. The first kappa shape index (κ1) is 17.8. The molecule has 4 rings (SSSR count). The van der Waals surface area contributed by atoms with Gasteiger partial charge in [-0.15, -0.1) is 11.3 Å². The Balaban J connectivity index is 1.62. The number of aromatic amines is 1. The highest BCUT2D eigenvalue weighted by Crippen LogP contribution is 2.31. The number of methoxy groups -OCH3 is 1. The lowest BCUT2D eigenvalue weighted by Gasteiger charge is -2.36. The van der Waals surface area contributed by atoms with Crippen LogP contribution in [0.3, 0.4) is 0 Å². The lowest BCUT2D eigenvalue weighted by atomic mass is 10.0. The number of benzene rings is 1. The predicted octanol–water partition coefficient (Wildman–Crippen LogP) is 3.24. The summed E-state index contributed by atoms with van der Waals surface area (Å²) in [6.45, 7) is 4.10. The van der Waals surface area contributed by atoms with Gasteiger partial charge < -0.3 is 19.9 Å². The van der Waals surface area contributed by atoms with E-state index in [9.17, 15) is 4.79 Å². The van der Waals surface area contributed by atoms with Crippen molar-refractivity contribution in [1.29, 1.82) is 0 Å². The third kappa shape index (κ3) is 3.48. The molecule has 3 aromatic rings. The van der Waals surface area contributed by atoms with Gasteiger partial charge in [-0.2, -0.15) is 0 Å². The van der Waals surface area contributed by atoms with Gasteiger partial charge in [0.15, 0.2) is 0 Å². The van der Waals surface area contributed by atoms with Crippen molar-refractivity contribution in [2.75, 3.05) is 26.7 Å². The number of nitrogens with one attached hydrogen (secondary N) is 2. The molecule has 7 heteroatoms. The van der Waals surface area contributed by atoms with E-state index in [1.807, 2.05) is 53.7 Å². The van der Waals surface area contributed by atoms with E-state index >= 15 is 0 Å². The Morgan fingerprint density at radius 2 is 2.22 bits per heavy atom. The van der Waals surface area contributed by atoms with Crippen LogP contribution in [0, 0.1) is 6.92 Å². The lowest BCUT2D eigenvalue weighted by molar-refractivity contribution is 0.0626. The molecule has 0 saturated carbocycles. The van der Waals surface area contributed by atoms with Gasteiger partial charge in [-0.3, -0.25) is 4.79 Å². The van der Waals surface area contributed by atoms with Crippen molar-refractivity contribution in [2.24, 2.45) is 0 Å². The zero-order valence-corrected chi connectivity index (χ0v) is 16.2. The summed E-state index contributed by atoms with van der Waals surface area (Å²) in [6, 6.07) is 9.69. The third-order valence-corrected chi connectivity index (χ3v) is 5.60. The van der Waals surface area contributed by atoms with Crippen LogP contribution in [0.2, 0.25) is 0 Å². The Morgan fingerprint density at radius 1 is 1.37 bits per heavy atom. The highest BCUT2D eigenvalue weighted by Gasteiger charge is 2.31. The Hall–Kier alpha value is -2.64. The minimum absolute atomic E-state index is 0.00870. The van der Waals surface area contributed by atoms with Crippen LogP contribution in [0.25, 0.3) is 11.3 Å². The molecule has 1 aliphatic heterocycles. The number of hydrogen-bond acceptors (Lipinski definition) is 5. The van der Waals surface area contributed by atoms with Crippen LogP contribution in [0.15, 0.2) is 41.9 Å². The smallest absolute Gasteiger partial charge is 0.270 e. The minimum atomic E-state index is -0.0735. The fraction of sp³-hybridized carbons (Fsp3) is 0.300. The first-order chi connectivity index (χ1) is 13.2. The van der Waals surface area contributed by atoms with E-state index in [4.69, 9.17) is 4.74 Å². The topological polar surface area (TPSA) is 70.2 Å². The molecule has 3 heterocycles. The Bertz CT molecular complexity index is 949. The molecule has 1 unspecified atom stereocenters. The summed E-state index contributed by atoms with van der Waals surface area (Å²) in [5.74, 6) is 0.791. The summed E-state index contributed by atoms with van der Waals surface area (Å²) in [5.41, 5.74) is 3.43. The summed E-state index contributed by atoms with van der Waals surface area (Å²) in [4.78, 5) is 22.8. The van der Waals surface area contributed by atoms with E-state index in [2.05, 4.69) is 15.3 Å². The van der Waals surface area contributed by atoms with Gasteiger partial charge in [0.2, 0.25) is 0 Å². The van der Waals surface area contributed by atoms with Crippen LogP contribution in [-0.4, -0.2) is 47.5 Å². The quantitative estimate of drug-likeness (QED) is 0.727. The number of piperazine rings is 1. The summed E-state index contributed by atoms with van der Waals surface area (Å²) in [7, 11) is 1.66. The zero-order valence-electron chi connectivity index (χ0n) is 15.4. The largest absolute Gasteiger partial charge is 0.496 e. The second-order valence-corrected chi connectivity index (χ2v) is 7.58. The first-order valence-corrected chi connectivity index (χ1v) is 9.81. The van der Waals surface area contributed by atoms with Crippen LogP contribution in [0.1, 0.15) is 27.1 Å². The maximum Gasteiger partial charge on any atom is 0.270 e. The van der Waals surface area contributed by atoms with E-state index in [1.165, 1.54) is 0 Å². The molecular weight excluding hydrogens is 360 g/mol. The molecule has 140 valence electrons. The number of rotatable bonds is 4. The normalized spacial score (nSPS) is 17.1. The van der Waals surface area contributed by atoms with Gasteiger partial charge in [0, 0.05) is 42.3 Å². The van der Waals surface area contributed by atoms with Crippen LogP contribution in [-0.2, 0) is 0 Å². The average molecular weight is 382 g/mol. The number of amides is 1. The second-order valence-electron chi connectivity index (χ2n) is 6.51. The molecule has 0 aliphatic carbocycles. The lowest BCUT2D eigenvalue weighted by Crippen LogP contribution is -2.48. The number of ether oxygens (including phenoxy) is 1. The van der Waals surface area contributed by atoms with Crippen molar-refractivity contribution >= 4 is 17.2 Å². The van der Waals surface area contributed by atoms with E-state index in [1.54, 1.807) is 18.4 Å². The summed E-state index contributed by atoms with van der Waals surface area (Å²) in [6.07, 6.45) is 1.85. The van der Waals surface area contributed by atoms with Crippen LogP contribution in [0.4, 0.5) is 0 Å². The van der Waals surface area contributed by atoms with Crippen molar-refractivity contribution in [3.8, 4) is 17.0 Å². The van der Waals surface area contributed by atoms with Gasteiger partial charge in [0.25, 0.3) is 5.91 Å². The number of thiazole rings is 1. The Kier molecular flexibility index (Phi) is 4.96. The van der Waals surface area contributed by atoms with Gasteiger partial charge in [0.1, 0.15) is 11.4 Å². The van der Waals surface area contributed by atoms with Crippen LogP contribution < -0.4 is 10.1 Å². The van der Waals surface area contributed by atoms with Crippen molar-refractivity contribution in [2.45, 2.75) is 13.0 Å². The number of carbonyl (C=O) groups is 1. The molecule has 2 aromatic heterocycles. The van der Waals surface area contributed by atoms with Crippen molar-refractivity contribution in [3.63, 3.8) is 0 Å². The molecule has 1 aromatic carbocycles. The van der Waals surface area contributed by atoms with E-state index in [0.717, 1.165) is 34.1 Å².